The molecule has 2 aromatic heterocycles. The number of rotatable bonds is 2. The van der Waals surface area contributed by atoms with Gasteiger partial charge in [-0.3, -0.25) is 10.1 Å². The number of hydrogen-bond acceptors (Lipinski definition) is 7. The molecule has 0 amide bonds. The number of non-ortho nitro benzene ring substituents is 1. The Bertz CT molecular complexity index is 822. The van der Waals surface area contributed by atoms with E-state index in [9.17, 15) is 10.1 Å². The van der Waals surface area contributed by atoms with Crippen LogP contribution in [0.5, 0.6) is 0 Å². The van der Waals surface area contributed by atoms with Gasteiger partial charge in [-0.25, -0.2) is 0 Å². The van der Waals surface area contributed by atoms with E-state index in [1.807, 2.05) is 34.9 Å². The molecule has 3 aromatic rings. The molecule has 10 heteroatoms. The first kappa shape index (κ1) is 16.8. The molecule has 23 heavy (non-hydrogen) atoms. The number of nitro groups is 1. The number of nitrogens with zero attached hydrogens (tertiary/aromatic N) is 2. The van der Waals surface area contributed by atoms with Crippen LogP contribution in [0.1, 0.15) is 0 Å². The van der Waals surface area contributed by atoms with Crippen molar-refractivity contribution in [2.24, 2.45) is 0 Å². The van der Waals surface area contributed by atoms with Crippen LogP contribution in [0.3, 0.4) is 0 Å². The summed E-state index contributed by atoms with van der Waals surface area (Å²) in [7, 11) is -4.19. The molecule has 0 aliphatic carbocycles. The van der Waals surface area contributed by atoms with Crippen LogP contribution in [0.4, 0.5) is 5.69 Å². The van der Waals surface area contributed by atoms with Gasteiger partial charge in [-0.2, -0.15) is 0 Å². The zero-order valence-electron chi connectivity index (χ0n) is 11.4. The van der Waals surface area contributed by atoms with Gasteiger partial charge >= 0.3 is 34.6 Å². The molecule has 0 unspecified atom stereocenters. The van der Waals surface area contributed by atoms with E-state index >= 15 is 0 Å². The Kier molecular flexibility index (Phi) is 4.89. The standard InChI is InChI=1S/C13H9N2O3.ClH3O4/c16-15(17)11-5-3-4-10(8-11)12-9-18-13-6-1-2-7-14(12)13;2-1(3,4)5/h1-9H;2-4H/q+1;. The molecule has 0 atom stereocenters. The Labute approximate surface area is 131 Å². The van der Waals surface area contributed by atoms with Crippen LogP contribution >= 0.6 is 0 Å². The summed E-state index contributed by atoms with van der Waals surface area (Å²) < 4.78 is 37.5. The predicted molar refractivity (Wildman–Crippen MR) is 70.6 cm³/mol. The van der Waals surface area contributed by atoms with Crippen molar-refractivity contribution in [3.05, 3.63) is 65.0 Å². The number of hydrogen-bond donors (Lipinski definition) is 3. The van der Waals surface area contributed by atoms with Crippen LogP contribution in [0.2, 0.25) is 0 Å². The van der Waals surface area contributed by atoms with E-state index in [-0.39, 0.29) is 5.69 Å². The van der Waals surface area contributed by atoms with Crippen LogP contribution in [-0.4, -0.2) is 18.9 Å². The second-order valence-electron chi connectivity index (χ2n) is 4.27. The van der Waals surface area contributed by atoms with Crippen molar-refractivity contribution in [1.82, 2.24) is 0 Å². The van der Waals surface area contributed by atoms with Gasteiger partial charge in [0.2, 0.25) is 0 Å². The average molecular weight is 344 g/mol. The van der Waals surface area contributed by atoms with E-state index in [0.717, 1.165) is 11.3 Å². The van der Waals surface area contributed by atoms with Crippen molar-refractivity contribution in [1.29, 1.82) is 0 Å². The number of halogens is 1. The van der Waals surface area contributed by atoms with E-state index in [4.69, 9.17) is 23.1 Å². The molecule has 2 heterocycles. The monoisotopic (exact) mass is 343 g/mol. The van der Waals surface area contributed by atoms with Gasteiger partial charge in [0.15, 0.2) is 12.5 Å². The quantitative estimate of drug-likeness (QED) is 0.330. The molecular weight excluding hydrogens is 332 g/mol. The van der Waals surface area contributed by atoms with Gasteiger partial charge in [0.25, 0.3) is 11.4 Å². The van der Waals surface area contributed by atoms with Crippen molar-refractivity contribution < 1.29 is 42.6 Å². The molecule has 3 rings (SSSR count). The fraction of sp³-hybridized carbons (Fsp3) is 0. The molecule has 9 nitrogen and oxygen atoms in total. The number of benzene rings is 1. The average Bonchev–Trinajstić information content (AvgIpc) is 2.89. The predicted octanol–water partition coefficient (Wildman–Crippen LogP) is -0.267. The topological polar surface area (TPSA) is 144 Å². The second-order valence-corrected chi connectivity index (χ2v) is 5.14. The fourth-order valence-corrected chi connectivity index (χ4v) is 1.88. The summed E-state index contributed by atoms with van der Waals surface area (Å²) in [4.78, 5) is 10.4. The summed E-state index contributed by atoms with van der Waals surface area (Å²) in [5.41, 5.74) is 2.30. The number of pyridine rings is 1. The number of fused-ring (bicyclic) bond motifs is 1. The van der Waals surface area contributed by atoms with Gasteiger partial charge in [0.05, 0.1) is 16.6 Å². The van der Waals surface area contributed by atoms with Gasteiger partial charge in [0.1, 0.15) is 0 Å². The Hall–Kier alpha value is -2.56. The van der Waals surface area contributed by atoms with Gasteiger partial charge in [-0.05, 0) is 12.1 Å². The maximum atomic E-state index is 10.8. The van der Waals surface area contributed by atoms with Crippen molar-refractivity contribution in [3.63, 3.8) is 0 Å². The Morgan fingerprint density at radius 3 is 2.48 bits per heavy atom. The maximum absolute atomic E-state index is 10.8. The molecule has 0 fully saturated rings. The summed E-state index contributed by atoms with van der Waals surface area (Å²) in [6.45, 7) is 0. The van der Waals surface area contributed by atoms with Crippen LogP contribution in [0.25, 0.3) is 17.0 Å². The first-order valence-corrected chi connectivity index (χ1v) is 7.37. The number of nitro benzene ring substituents is 1. The minimum atomic E-state index is -4.19. The summed E-state index contributed by atoms with van der Waals surface area (Å²) >= 11 is 0. The van der Waals surface area contributed by atoms with Crippen LogP contribution in [0.15, 0.2) is 59.3 Å². The summed E-state index contributed by atoms with van der Waals surface area (Å²) in [5, 5.41) is 10.8. The number of aromatic nitrogens is 1. The minimum absolute atomic E-state index is 0.0679. The SMILES string of the molecule is O=[N+]([O-])c1cccc(-c2coc3cccc[n+]23)c1.[O-][Cl+](O)(O)O. The van der Waals surface area contributed by atoms with E-state index < -0.39 is 15.2 Å². The van der Waals surface area contributed by atoms with Gasteiger partial charge in [-0.15, -0.1) is 4.40 Å². The molecule has 0 spiro atoms. The van der Waals surface area contributed by atoms with E-state index in [1.54, 1.807) is 12.3 Å². The van der Waals surface area contributed by atoms with E-state index in [1.165, 1.54) is 12.1 Å². The van der Waals surface area contributed by atoms with Crippen LogP contribution < -0.4 is 9.06 Å². The summed E-state index contributed by atoms with van der Waals surface area (Å²) in [5.74, 6) is 0. The summed E-state index contributed by atoms with van der Waals surface area (Å²) in [6, 6.07) is 12.1. The van der Waals surface area contributed by atoms with Gasteiger partial charge < -0.3 is 4.42 Å². The van der Waals surface area contributed by atoms with Crippen molar-refractivity contribution in [2.45, 2.75) is 0 Å². The molecule has 0 aliphatic heterocycles. The van der Waals surface area contributed by atoms with Crippen molar-refractivity contribution >= 4 is 11.4 Å². The molecule has 3 N–H and O–H groups in total. The Morgan fingerprint density at radius 2 is 1.83 bits per heavy atom. The summed E-state index contributed by atoms with van der Waals surface area (Å²) in [6.07, 6.45) is 3.45. The van der Waals surface area contributed by atoms with Crippen LogP contribution in [0, 0.1) is 20.4 Å². The Balaban J connectivity index is 0.000000338. The molecule has 0 saturated heterocycles. The molecule has 0 radical (unpaired) electrons. The molecule has 0 aliphatic rings. The number of oxazole rings is 1. The first-order chi connectivity index (χ1) is 10.8. The van der Waals surface area contributed by atoms with Gasteiger partial charge in [0, 0.05) is 18.2 Å². The molecule has 122 valence electrons. The first-order valence-electron chi connectivity index (χ1n) is 6.04. The third kappa shape index (κ3) is 4.71. The van der Waals surface area contributed by atoms with Gasteiger partial charge in [-0.1, -0.05) is 6.07 Å². The van der Waals surface area contributed by atoms with E-state index in [0.29, 0.717) is 5.71 Å². The van der Waals surface area contributed by atoms with E-state index in [2.05, 4.69) is 0 Å². The third-order valence-corrected chi connectivity index (χ3v) is 2.73. The van der Waals surface area contributed by atoms with Crippen molar-refractivity contribution in [3.8, 4) is 11.3 Å². The zero-order valence-corrected chi connectivity index (χ0v) is 12.2. The van der Waals surface area contributed by atoms with Crippen LogP contribution in [-0.2, 0) is 0 Å². The fourth-order valence-electron chi connectivity index (χ4n) is 1.88. The normalized spacial score (nSPS) is 11.7. The third-order valence-electron chi connectivity index (χ3n) is 2.73. The van der Waals surface area contributed by atoms with Crippen molar-refractivity contribution in [2.75, 3.05) is 0 Å². The zero-order chi connectivity index (χ0) is 17.0. The molecule has 0 saturated carbocycles. The molecular formula is C13H12ClN2O7+. The Morgan fingerprint density at radius 1 is 1.13 bits per heavy atom. The molecule has 1 aromatic carbocycles. The molecule has 0 bridgehead atoms. The second kappa shape index (κ2) is 6.69.